The van der Waals surface area contributed by atoms with Crippen LogP contribution in [0.1, 0.15) is 37.5 Å². The average Bonchev–Trinajstić information content (AvgIpc) is 2.81. The van der Waals surface area contributed by atoms with Gasteiger partial charge in [0, 0.05) is 24.0 Å². The zero-order valence-corrected chi connectivity index (χ0v) is 20.1. The number of rotatable bonds is 5. The summed E-state index contributed by atoms with van der Waals surface area (Å²) in [6.45, 7) is 6.47. The Morgan fingerprint density at radius 3 is 2.59 bits per heavy atom. The van der Waals surface area contributed by atoms with Crippen LogP contribution in [0.2, 0.25) is 5.02 Å². The van der Waals surface area contributed by atoms with Crippen LogP contribution in [0.25, 0.3) is 6.08 Å². The van der Waals surface area contributed by atoms with E-state index in [0.29, 0.717) is 23.0 Å². The number of amides is 2. The van der Waals surface area contributed by atoms with Gasteiger partial charge >= 0.3 is 0 Å². The lowest BCUT2D eigenvalue weighted by Gasteiger charge is -2.32. The molecule has 0 saturated carbocycles. The summed E-state index contributed by atoms with van der Waals surface area (Å²) in [5, 5.41) is 3.47. The third-order valence-corrected chi connectivity index (χ3v) is 5.73. The van der Waals surface area contributed by atoms with Gasteiger partial charge in [0.1, 0.15) is 6.54 Å². The lowest BCUT2D eigenvalue weighted by Crippen LogP contribution is -2.44. The summed E-state index contributed by atoms with van der Waals surface area (Å²) < 4.78 is 5.98. The maximum Gasteiger partial charge on any atom is 0.294 e. The van der Waals surface area contributed by atoms with E-state index >= 15 is 0 Å². The Bertz CT molecular complexity index is 1230. The van der Waals surface area contributed by atoms with Crippen LogP contribution in [0.5, 0.6) is 5.75 Å². The molecule has 2 aromatic carbocycles. The molecular weight excluding hydrogens is 450 g/mol. The molecule has 7 heteroatoms. The van der Waals surface area contributed by atoms with Gasteiger partial charge in [0.2, 0.25) is 5.91 Å². The number of anilines is 1. The number of carbonyl (C=O) groups is 2. The Morgan fingerprint density at radius 1 is 1.15 bits per heavy atom. The standard InChI is InChI=1S/C27H26ClN3O3/c1-27(2,3)20-8-11-23-22(14-20)31(17-25(32)30-16-19-5-4-12-29-15-19)26(33)24(34-23)13-18-6-9-21(28)10-7-18/h4-15H,16-17H2,1-3H3,(H,30,32). The summed E-state index contributed by atoms with van der Waals surface area (Å²) >= 11 is 5.98. The van der Waals surface area contributed by atoms with Crippen molar-refractivity contribution in [1.82, 2.24) is 10.3 Å². The molecule has 1 aromatic heterocycles. The summed E-state index contributed by atoms with van der Waals surface area (Å²) in [6.07, 6.45) is 5.02. The fourth-order valence-corrected chi connectivity index (χ4v) is 3.67. The molecule has 0 fully saturated rings. The fraction of sp³-hybridized carbons (Fsp3) is 0.222. The third-order valence-electron chi connectivity index (χ3n) is 5.47. The minimum absolute atomic E-state index is 0.133. The maximum absolute atomic E-state index is 13.4. The minimum Gasteiger partial charge on any atom is -0.449 e. The van der Waals surface area contributed by atoms with Crippen LogP contribution in [0.15, 0.2) is 72.8 Å². The fourth-order valence-electron chi connectivity index (χ4n) is 3.55. The Balaban J connectivity index is 1.64. The van der Waals surface area contributed by atoms with E-state index < -0.39 is 0 Å². The summed E-state index contributed by atoms with van der Waals surface area (Å²) in [5.74, 6) is -0.00615. The van der Waals surface area contributed by atoms with Crippen LogP contribution in [0.4, 0.5) is 5.69 Å². The SMILES string of the molecule is CC(C)(C)c1ccc2c(c1)N(CC(=O)NCc1cccnc1)C(=O)C(=Cc1ccc(Cl)cc1)O2. The van der Waals surface area contributed by atoms with Crippen LogP contribution in [0, 0.1) is 0 Å². The van der Waals surface area contributed by atoms with Crippen molar-refractivity contribution in [2.75, 3.05) is 11.4 Å². The molecule has 0 bridgehead atoms. The highest BCUT2D eigenvalue weighted by molar-refractivity contribution is 6.30. The smallest absolute Gasteiger partial charge is 0.294 e. The second-order valence-electron chi connectivity index (χ2n) is 9.12. The van der Waals surface area contributed by atoms with Gasteiger partial charge in [-0.1, -0.05) is 56.6 Å². The molecule has 0 unspecified atom stereocenters. The molecule has 2 heterocycles. The van der Waals surface area contributed by atoms with Crippen molar-refractivity contribution in [3.05, 3.63) is 94.5 Å². The minimum atomic E-state index is -0.384. The number of carbonyl (C=O) groups excluding carboxylic acids is 2. The van der Waals surface area contributed by atoms with Gasteiger partial charge in [-0.05, 0) is 58.5 Å². The Labute approximate surface area is 204 Å². The molecule has 1 aliphatic rings. The van der Waals surface area contributed by atoms with Gasteiger partial charge in [-0.3, -0.25) is 19.5 Å². The molecule has 0 saturated heterocycles. The van der Waals surface area contributed by atoms with Crippen LogP contribution in [0.3, 0.4) is 0 Å². The van der Waals surface area contributed by atoms with E-state index in [0.717, 1.165) is 16.7 Å². The van der Waals surface area contributed by atoms with E-state index in [1.165, 1.54) is 4.90 Å². The first kappa shape index (κ1) is 23.5. The number of halogens is 1. The molecule has 174 valence electrons. The van der Waals surface area contributed by atoms with Crippen LogP contribution in [-0.4, -0.2) is 23.3 Å². The van der Waals surface area contributed by atoms with E-state index in [1.807, 2.05) is 30.3 Å². The first-order valence-corrected chi connectivity index (χ1v) is 11.4. The van der Waals surface area contributed by atoms with Crippen molar-refractivity contribution >= 4 is 35.2 Å². The molecule has 0 spiro atoms. The van der Waals surface area contributed by atoms with Crippen LogP contribution < -0.4 is 15.0 Å². The molecule has 1 aliphatic heterocycles. The largest absolute Gasteiger partial charge is 0.449 e. The van der Waals surface area contributed by atoms with Crippen LogP contribution in [-0.2, 0) is 21.5 Å². The first-order valence-electron chi connectivity index (χ1n) is 11.0. The molecule has 0 atom stereocenters. The Hall–Kier alpha value is -3.64. The highest BCUT2D eigenvalue weighted by Crippen LogP contribution is 2.39. The van der Waals surface area contributed by atoms with E-state index in [-0.39, 0.29) is 29.5 Å². The molecule has 6 nitrogen and oxygen atoms in total. The van der Waals surface area contributed by atoms with E-state index in [2.05, 4.69) is 31.1 Å². The number of pyridine rings is 1. The third kappa shape index (κ3) is 5.46. The lowest BCUT2D eigenvalue weighted by molar-refractivity contribution is -0.123. The number of benzene rings is 2. The number of fused-ring (bicyclic) bond motifs is 1. The summed E-state index contributed by atoms with van der Waals surface area (Å²) in [6, 6.07) is 16.5. The highest BCUT2D eigenvalue weighted by atomic mass is 35.5. The molecule has 2 amide bonds. The molecule has 34 heavy (non-hydrogen) atoms. The predicted molar refractivity (Wildman–Crippen MR) is 134 cm³/mol. The van der Waals surface area contributed by atoms with Crippen molar-refractivity contribution < 1.29 is 14.3 Å². The molecule has 4 rings (SSSR count). The Morgan fingerprint density at radius 2 is 1.91 bits per heavy atom. The molecule has 1 N–H and O–H groups in total. The number of ether oxygens (including phenoxy) is 1. The van der Waals surface area contributed by atoms with E-state index in [4.69, 9.17) is 16.3 Å². The monoisotopic (exact) mass is 475 g/mol. The van der Waals surface area contributed by atoms with Crippen molar-refractivity contribution in [2.45, 2.75) is 32.7 Å². The topological polar surface area (TPSA) is 71.5 Å². The predicted octanol–water partition coefficient (Wildman–Crippen LogP) is 5.12. The summed E-state index contributed by atoms with van der Waals surface area (Å²) in [5.41, 5.74) is 3.12. The van der Waals surface area contributed by atoms with Gasteiger partial charge in [0.05, 0.1) is 5.69 Å². The second-order valence-corrected chi connectivity index (χ2v) is 9.56. The van der Waals surface area contributed by atoms with Gasteiger partial charge in [0.25, 0.3) is 5.91 Å². The highest BCUT2D eigenvalue weighted by Gasteiger charge is 2.33. The molecule has 3 aromatic rings. The maximum atomic E-state index is 13.4. The Kier molecular flexibility index (Phi) is 6.70. The first-order chi connectivity index (χ1) is 16.2. The number of aromatic nitrogens is 1. The zero-order valence-electron chi connectivity index (χ0n) is 19.3. The summed E-state index contributed by atoms with van der Waals surface area (Å²) in [7, 11) is 0. The molecule has 0 aliphatic carbocycles. The zero-order chi connectivity index (χ0) is 24.3. The number of hydrogen-bond donors (Lipinski definition) is 1. The number of hydrogen-bond acceptors (Lipinski definition) is 4. The average molecular weight is 476 g/mol. The molecule has 0 radical (unpaired) electrons. The molecular formula is C27H26ClN3O3. The van der Waals surface area contributed by atoms with Crippen molar-refractivity contribution in [1.29, 1.82) is 0 Å². The van der Waals surface area contributed by atoms with Gasteiger partial charge in [0.15, 0.2) is 11.5 Å². The number of nitrogens with zero attached hydrogens (tertiary/aromatic N) is 2. The van der Waals surface area contributed by atoms with Crippen molar-refractivity contribution in [2.24, 2.45) is 0 Å². The van der Waals surface area contributed by atoms with Crippen molar-refractivity contribution in [3.63, 3.8) is 0 Å². The van der Waals surface area contributed by atoms with Crippen LogP contribution >= 0.6 is 11.6 Å². The normalized spacial score (nSPS) is 14.5. The second kappa shape index (κ2) is 9.69. The number of nitrogens with one attached hydrogen (secondary N) is 1. The quantitative estimate of drug-likeness (QED) is 0.520. The van der Waals surface area contributed by atoms with Gasteiger partial charge < -0.3 is 10.1 Å². The lowest BCUT2D eigenvalue weighted by atomic mass is 9.86. The van der Waals surface area contributed by atoms with Gasteiger partial charge in [-0.25, -0.2) is 0 Å². The van der Waals surface area contributed by atoms with E-state index in [9.17, 15) is 9.59 Å². The van der Waals surface area contributed by atoms with Gasteiger partial charge in [-0.15, -0.1) is 0 Å². The van der Waals surface area contributed by atoms with Gasteiger partial charge in [-0.2, -0.15) is 0 Å². The van der Waals surface area contributed by atoms with Crippen molar-refractivity contribution in [3.8, 4) is 5.75 Å². The van der Waals surface area contributed by atoms with E-state index in [1.54, 1.807) is 42.7 Å². The summed E-state index contributed by atoms with van der Waals surface area (Å²) in [4.78, 5) is 31.8.